The first-order chi connectivity index (χ1) is 11.6. The van der Waals surface area contributed by atoms with Crippen molar-refractivity contribution in [3.8, 4) is 11.8 Å². The number of hydrogen-bond donors (Lipinski definition) is 2. The van der Waals surface area contributed by atoms with Crippen LogP contribution in [0.5, 0.6) is 5.75 Å². The van der Waals surface area contributed by atoms with Gasteiger partial charge in [-0.2, -0.15) is 5.26 Å². The minimum Gasteiger partial charge on any atom is -0.480 e. The van der Waals surface area contributed by atoms with E-state index >= 15 is 0 Å². The minimum atomic E-state index is -0.836. The summed E-state index contributed by atoms with van der Waals surface area (Å²) in [5.41, 5.74) is 0.341. The van der Waals surface area contributed by atoms with E-state index in [4.69, 9.17) is 14.4 Å². The van der Waals surface area contributed by atoms with E-state index in [0.29, 0.717) is 17.1 Å². The van der Waals surface area contributed by atoms with Crippen LogP contribution < -0.4 is 15.4 Å². The number of furan rings is 1. The van der Waals surface area contributed by atoms with Gasteiger partial charge in [0.2, 0.25) is 5.91 Å². The second kappa shape index (κ2) is 8.39. The average molecular weight is 327 g/mol. The van der Waals surface area contributed by atoms with Crippen LogP contribution in [0.4, 0.5) is 0 Å². The van der Waals surface area contributed by atoms with Crippen molar-refractivity contribution in [3.05, 3.63) is 54.0 Å². The summed E-state index contributed by atoms with van der Waals surface area (Å²) in [6, 6.07) is 12.1. The Morgan fingerprint density at radius 1 is 1.25 bits per heavy atom. The quantitative estimate of drug-likeness (QED) is 0.799. The lowest BCUT2D eigenvalue weighted by Gasteiger charge is -2.15. The number of hydrogen-bond acceptors (Lipinski definition) is 5. The third kappa shape index (κ3) is 4.88. The summed E-state index contributed by atoms with van der Waals surface area (Å²) in [6.45, 7) is 1.63. The monoisotopic (exact) mass is 327 g/mol. The Morgan fingerprint density at radius 3 is 2.75 bits per heavy atom. The highest BCUT2D eigenvalue weighted by Crippen LogP contribution is 2.18. The molecule has 2 amide bonds. The van der Waals surface area contributed by atoms with Crippen LogP contribution in [0, 0.1) is 11.3 Å². The average Bonchev–Trinajstić information content (AvgIpc) is 3.11. The van der Waals surface area contributed by atoms with Gasteiger partial charge in [0.15, 0.2) is 6.10 Å². The van der Waals surface area contributed by atoms with Crippen LogP contribution in [0.2, 0.25) is 0 Å². The highest BCUT2D eigenvalue weighted by atomic mass is 16.5. The summed E-state index contributed by atoms with van der Waals surface area (Å²) >= 11 is 0. The maximum Gasteiger partial charge on any atom is 0.261 e. The first-order valence-electron chi connectivity index (χ1n) is 7.32. The highest BCUT2D eigenvalue weighted by Gasteiger charge is 2.17. The molecule has 0 saturated carbocycles. The summed E-state index contributed by atoms with van der Waals surface area (Å²) in [5, 5.41) is 14.1. The number of rotatable bonds is 7. The number of nitriles is 1. The molecule has 0 radical (unpaired) electrons. The first-order valence-corrected chi connectivity index (χ1v) is 7.32. The van der Waals surface area contributed by atoms with E-state index in [0.717, 1.165) is 0 Å². The van der Waals surface area contributed by atoms with Gasteiger partial charge in [-0.25, -0.2) is 0 Å². The van der Waals surface area contributed by atoms with Crippen LogP contribution in [-0.2, 0) is 16.1 Å². The number of carbonyl (C=O) groups excluding carboxylic acids is 2. The smallest absolute Gasteiger partial charge is 0.261 e. The van der Waals surface area contributed by atoms with Gasteiger partial charge in [0, 0.05) is 0 Å². The third-order valence-corrected chi connectivity index (χ3v) is 3.14. The Morgan fingerprint density at radius 2 is 2.04 bits per heavy atom. The van der Waals surface area contributed by atoms with Gasteiger partial charge in [-0.3, -0.25) is 9.59 Å². The predicted molar refractivity (Wildman–Crippen MR) is 84.8 cm³/mol. The number of ether oxygens (including phenoxy) is 1. The molecule has 1 atom stereocenters. The summed E-state index contributed by atoms with van der Waals surface area (Å²) in [7, 11) is 0. The lowest BCUT2D eigenvalue weighted by molar-refractivity contribution is -0.130. The maximum absolute atomic E-state index is 12.0. The summed E-state index contributed by atoms with van der Waals surface area (Å²) in [6.07, 6.45) is 0.679. The molecule has 1 aromatic heterocycles. The molecule has 24 heavy (non-hydrogen) atoms. The van der Waals surface area contributed by atoms with Gasteiger partial charge in [-0.1, -0.05) is 12.1 Å². The molecular weight excluding hydrogens is 310 g/mol. The Bertz CT molecular complexity index is 735. The third-order valence-electron chi connectivity index (χ3n) is 3.14. The standard InChI is InChI=1S/C17H17N3O4/c1-12(24-15-7-3-2-5-13(15)9-18)17(22)20-11-16(21)19-10-14-6-4-8-23-14/h2-8,12H,10-11H2,1H3,(H,19,21)(H,20,22)/t12-/m0/s1. The summed E-state index contributed by atoms with van der Waals surface area (Å²) < 4.78 is 10.6. The normalized spacial score (nSPS) is 11.2. The zero-order valence-corrected chi connectivity index (χ0v) is 13.1. The molecule has 0 aliphatic rings. The number of benzene rings is 1. The molecule has 7 nitrogen and oxygen atoms in total. The van der Waals surface area contributed by atoms with Crippen molar-refractivity contribution >= 4 is 11.8 Å². The van der Waals surface area contributed by atoms with Gasteiger partial charge in [0.25, 0.3) is 5.91 Å². The van der Waals surface area contributed by atoms with E-state index < -0.39 is 12.0 Å². The van der Waals surface area contributed by atoms with Crippen molar-refractivity contribution in [2.24, 2.45) is 0 Å². The van der Waals surface area contributed by atoms with Crippen molar-refractivity contribution in [2.45, 2.75) is 19.6 Å². The molecular formula is C17H17N3O4. The first kappa shape index (κ1) is 17.1. The van der Waals surface area contributed by atoms with Crippen LogP contribution in [0.25, 0.3) is 0 Å². The zero-order valence-electron chi connectivity index (χ0n) is 13.1. The fourth-order valence-corrected chi connectivity index (χ4v) is 1.88. The van der Waals surface area contributed by atoms with Crippen LogP contribution >= 0.6 is 0 Å². The number of para-hydroxylation sites is 1. The Balaban J connectivity index is 1.77. The van der Waals surface area contributed by atoms with E-state index in [1.807, 2.05) is 6.07 Å². The molecule has 7 heteroatoms. The van der Waals surface area contributed by atoms with E-state index in [2.05, 4.69) is 10.6 Å². The van der Waals surface area contributed by atoms with E-state index in [9.17, 15) is 9.59 Å². The topological polar surface area (TPSA) is 104 Å². The van der Waals surface area contributed by atoms with Crippen LogP contribution in [0.3, 0.4) is 0 Å². The Labute approximate surface area is 139 Å². The lowest BCUT2D eigenvalue weighted by Crippen LogP contribution is -2.42. The molecule has 0 unspecified atom stereocenters. The highest BCUT2D eigenvalue weighted by molar-refractivity contribution is 5.86. The zero-order chi connectivity index (χ0) is 17.4. The largest absolute Gasteiger partial charge is 0.480 e. The second-order valence-electron chi connectivity index (χ2n) is 4.94. The second-order valence-corrected chi connectivity index (χ2v) is 4.94. The van der Waals surface area contributed by atoms with Crippen molar-refractivity contribution in [3.63, 3.8) is 0 Å². The predicted octanol–water partition coefficient (Wildman–Crippen LogP) is 1.35. The molecule has 0 saturated heterocycles. The van der Waals surface area contributed by atoms with Crippen molar-refractivity contribution in [1.82, 2.24) is 10.6 Å². The molecule has 2 rings (SSSR count). The molecule has 0 aliphatic carbocycles. The fraction of sp³-hybridized carbons (Fsp3) is 0.235. The fourth-order valence-electron chi connectivity index (χ4n) is 1.88. The molecule has 1 aromatic carbocycles. The molecule has 0 fully saturated rings. The van der Waals surface area contributed by atoms with Gasteiger partial charge >= 0.3 is 0 Å². The van der Waals surface area contributed by atoms with Crippen molar-refractivity contribution in [2.75, 3.05) is 6.54 Å². The van der Waals surface area contributed by atoms with E-state index in [1.54, 1.807) is 43.3 Å². The van der Waals surface area contributed by atoms with Crippen LogP contribution in [-0.4, -0.2) is 24.5 Å². The van der Waals surface area contributed by atoms with Crippen molar-refractivity contribution in [1.29, 1.82) is 5.26 Å². The van der Waals surface area contributed by atoms with Gasteiger partial charge < -0.3 is 19.8 Å². The summed E-state index contributed by atoms with van der Waals surface area (Å²) in [5.74, 6) is 0.157. The molecule has 2 aromatic rings. The molecule has 0 aliphatic heterocycles. The number of nitrogens with zero attached hydrogens (tertiary/aromatic N) is 1. The van der Waals surface area contributed by atoms with Crippen molar-refractivity contribution < 1.29 is 18.7 Å². The maximum atomic E-state index is 12.0. The van der Waals surface area contributed by atoms with Gasteiger partial charge in [0.1, 0.15) is 17.6 Å². The Kier molecular flexibility index (Phi) is 5.97. The molecule has 1 heterocycles. The SMILES string of the molecule is C[C@H](Oc1ccccc1C#N)C(=O)NCC(=O)NCc1ccco1. The summed E-state index contributed by atoms with van der Waals surface area (Å²) in [4.78, 5) is 23.6. The molecule has 0 spiro atoms. The minimum absolute atomic E-state index is 0.173. The number of carbonyl (C=O) groups is 2. The van der Waals surface area contributed by atoms with Crippen LogP contribution in [0.1, 0.15) is 18.2 Å². The Hall–Kier alpha value is -3.27. The van der Waals surface area contributed by atoms with Gasteiger partial charge in [-0.15, -0.1) is 0 Å². The molecule has 124 valence electrons. The molecule has 2 N–H and O–H groups in total. The number of nitrogens with one attached hydrogen (secondary N) is 2. The van der Waals surface area contributed by atoms with Gasteiger partial charge in [0.05, 0.1) is 24.9 Å². The van der Waals surface area contributed by atoms with E-state index in [-0.39, 0.29) is 19.0 Å². The number of amides is 2. The lowest BCUT2D eigenvalue weighted by atomic mass is 10.2. The van der Waals surface area contributed by atoms with Crippen LogP contribution in [0.15, 0.2) is 47.1 Å². The van der Waals surface area contributed by atoms with Gasteiger partial charge in [-0.05, 0) is 31.2 Å². The molecule has 0 bridgehead atoms. The van der Waals surface area contributed by atoms with E-state index in [1.165, 1.54) is 6.26 Å².